The lowest BCUT2D eigenvalue weighted by Crippen LogP contribution is -2.16. The molecule has 0 fully saturated rings. The molecular formula is C11H11N5O3S. The van der Waals surface area contributed by atoms with Crippen LogP contribution in [0.15, 0.2) is 24.4 Å². The second kappa shape index (κ2) is 5.63. The number of para-hydroxylation sites is 1. The van der Waals surface area contributed by atoms with Gasteiger partial charge in [0.15, 0.2) is 5.13 Å². The first-order chi connectivity index (χ1) is 9.52. The molecule has 1 aromatic carbocycles. The SMILES string of the molecule is Cc1cnc(NC(=O)c2cccc(NN)c2[N+](=O)[O-])s1. The van der Waals surface area contributed by atoms with Crippen LogP contribution < -0.4 is 16.6 Å². The lowest BCUT2D eigenvalue weighted by Gasteiger charge is -2.06. The van der Waals surface area contributed by atoms with Gasteiger partial charge in [0.05, 0.1) is 4.92 Å². The molecule has 0 saturated carbocycles. The van der Waals surface area contributed by atoms with Crippen molar-refractivity contribution in [2.75, 3.05) is 10.7 Å². The number of rotatable bonds is 4. The summed E-state index contributed by atoms with van der Waals surface area (Å²) in [7, 11) is 0. The number of nitrogens with one attached hydrogen (secondary N) is 2. The van der Waals surface area contributed by atoms with Gasteiger partial charge in [0.25, 0.3) is 5.91 Å². The maximum Gasteiger partial charge on any atom is 0.306 e. The van der Waals surface area contributed by atoms with Crippen LogP contribution in [-0.2, 0) is 0 Å². The molecule has 8 nitrogen and oxygen atoms in total. The average Bonchev–Trinajstić information content (AvgIpc) is 2.82. The third-order valence-corrected chi connectivity index (χ3v) is 3.29. The Labute approximate surface area is 117 Å². The van der Waals surface area contributed by atoms with E-state index in [9.17, 15) is 14.9 Å². The summed E-state index contributed by atoms with van der Waals surface area (Å²) in [6.45, 7) is 1.84. The van der Waals surface area contributed by atoms with Crippen LogP contribution in [0.25, 0.3) is 0 Å². The summed E-state index contributed by atoms with van der Waals surface area (Å²) >= 11 is 1.28. The first kappa shape index (κ1) is 13.9. The normalized spacial score (nSPS) is 10.1. The molecule has 9 heteroatoms. The van der Waals surface area contributed by atoms with Crippen LogP contribution in [0.2, 0.25) is 0 Å². The van der Waals surface area contributed by atoms with Crippen molar-refractivity contribution in [1.29, 1.82) is 0 Å². The molecule has 0 bridgehead atoms. The van der Waals surface area contributed by atoms with Crippen LogP contribution in [0.3, 0.4) is 0 Å². The Morgan fingerprint density at radius 2 is 2.25 bits per heavy atom. The number of nitro groups is 1. The Kier molecular flexibility index (Phi) is 3.91. The van der Waals surface area contributed by atoms with Crippen molar-refractivity contribution in [3.05, 3.63) is 45.0 Å². The highest BCUT2D eigenvalue weighted by atomic mass is 32.1. The molecule has 0 radical (unpaired) electrons. The fourth-order valence-electron chi connectivity index (χ4n) is 1.62. The summed E-state index contributed by atoms with van der Waals surface area (Å²) in [5.41, 5.74) is 1.81. The van der Waals surface area contributed by atoms with E-state index in [2.05, 4.69) is 15.7 Å². The zero-order valence-corrected chi connectivity index (χ0v) is 11.2. The number of aromatic nitrogens is 1. The topological polar surface area (TPSA) is 123 Å². The van der Waals surface area contributed by atoms with Gasteiger partial charge >= 0.3 is 5.69 Å². The molecule has 0 atom stereocenters. The Morgan fingerprint density at radius 3 is 2.80 bits per heavy atom. The zero-order valence-electron chi connectivity index (χ0n) is 10.4. The van der Waals surface area contributed by atoms with E-state index in [1.807, 2.05) is 6.92 Å². The van der Waals surface area contributed by atoms with Gasteiger partial charge in [0.2, 0.25) is 0 Å². The number of benzene rings is 1. The van der Waals surface area contributed by atoms with E-state index >= 15 is 0 Å². The summed E-state index contributed by atoms with van der Waals surface area (Å²) in [4.78, 5) is 27.4. The molecule has 2 rings (SSSR count). The first-order valence-electron chi connectivity index (χ1n) is 5.50. The third-order valence-electron chi connectivity index (χ3n) is 2.46. The van der Waals surface area contributed by atoms with Gasteiger partial charge in [-0.05, 0) is 19.1 Å². The molecule has 4 N–H and O–H groups in total. The summed E-state index contributed by atoms with van der Waals surface area (Å²) in [5, 5.41) is 14.0. The molecule has 20 heavy (non-hydrogen) atoms. The predicted octanol–water partition coefficient (Wildman–Crippen LogP) is 1.90. The number of thiazole rings is 1. The number of carbonyl (C=O) groups is 1. The minimum Gasteiger partial charge on any atom is -0.318 e. The monoisotopic (exact) mass is 293 g/mol. The van der Waals surface area contributed by atoms with Gasteiger partial charge < -0.3 is 5.43 Å². The molecule has 104 valence electrons. The van der Waals surface area contributed by atoms with Crippen molar-refractivity contribution < 1.29 is 9.72 Å². The maximum absolute atomic E-state index is 12.1. The summed E-state index contributed by atoms with van der Waals surface area (Å²) in [6.07, 6.45) is 1.60. The van der Waals surface area contributed by atoms with Crippen LogP contribution in [0.1, 0.15) is 15.2 Å². The number of hydrazine groups is 1. The molecule has 0 spiro atoms. The van der Waals surface area contributed by atoms with Gasteiger partial charge in [-0.25, -0.2) is 4.98 Å². The van der Waals surface area contributed by atoms with Gasteiger partial charge in [0.1, 0.15) is 11.3 Å². The first-order valence-corrected chi connectivity index (χ1v) is 6.32. The molecule has 2 aromatic rings. The van der Waals surface area contributed by atoms with Gasteiger partial charge in [-0.15, -0.1) is 11.3 Å². The number of anilines is 2. The van der Waals surface area contributed by atoms with Gasteiger partial charge in [-0.2, -0.15) is 0 Å². The molecule has 1 amide bonds. The van der Waals surface area contributed by atoms with Crippen molar-refractivity contribution in [2.24, 2.45) is 5.84 Å². The van der Waals surface area contributed by atoms with Crippen molar-refractivity contribution in [2.45, 2.75) is 6.92 Å². The molecule has 1 heterocycles. The second-order valence-corrected chi connectivity index (χ2v) is 5.07. The van der Waals surface area contributed by atoms with Gasteiger partial charge in [-0.3, -0.25) is 26.1 Å². The van der Waals surface area contributed by atoms with E-state index in [4.69, 9.17) is 5.84 Å². The molecular weight excluding hydrogens is 282 g/mol. The largest absolute Gasteiger partial charge is 0.318 e. The average molecular weight is 293 g/mol. The van der Waals surface area contributed by atoms with E-state index in [0.717, 1.165) is 4.88 Å². The summed E-state index contributed by atoms with van der Waals surface area (Å²) in [6, 6.07) is 4.28. The number of hydrogen-bond donors (Lipinski definition) is 3. The number of aryl methyl sites for hydroxylation is 1. The minimum atomic E-state index is -0.656. The van der Waals surface area contributed by atoms with Crippen LogP contribution >= 0.6 is 11.3 Å². The van der Waals surface area contributed by atoms with Gasteiger partial charge in [-0.1, -0.05) is 6.07 Å². The van der Waals surface area contributed by atoms with Crippen LogP contribution in [-0.4, -0.2) is 15.8 Å². The fourth-order valence-corrected chi connectivity index (χ4v) is 2.28. The smallest absolute Gasteiger partial charge is 0.306 e. The highest BCUT2D eigenvalue weighted by Gasteiger charge is 2.24. The number of nitrogens with zero attached hydrogens (tertiary/aromatic N) is 2. The highest BCUT2D eigenvalue weighted by Crippen LogP contribution is 2.29. The standard InChI is InChI=1S/C11H11N5O3S/c1-6-5-13-11(20-6)14-10(17)7-3-2-4-8(15-12)9(7)16(18)19/h2-5,15H,12H2,1H3,(H,13,14,17). The molecule has 0 unspecified atom stereocenters. The summed E-state index contributed by atoms with van der Waals surface area (Å²) in [5.74, 6) is 4.61. The lowest BCUT2D eigenvalue weighted by molar-refractivity contribution is -0.384. The van der Waals surface area contributed by atoms with Crippen LogP contribution in [0.4, 0.5) is 16.5 Å². The number of nitrogens with two attached hydrogens (primary N) is 1. The molecule has 0 aliphatic heterocycles. The van der Waals surface area contributed by atoms with Crippen LogP contribution in [0.5, 0.6) is 0 Å². The van der Waals surface area contributed by atoms with E-state index in [1.54, 1.807) is 6.20 Å². The van der Waals surface area contributed by atoms with Gasteiger partial charge in [0, 0.05) is 11.1 Å². The van der Waals surface area contributed by atoms with Crippen LogP contribution in [0, 0.1) is 17.0 Å². The van der Waals surface area contributed by atoms with Crippen molar-refractivity contribution in [3.8, 4) is 0 Å². The minimum absolute atomic E-state index is 0.0676. The second-order valence-electron chi connectivity index (χ2n) is 3.83. The predicted molar refractivity (Wildman–Crippen MR) is 75.7 cm³/mol. The fraction of sp³-hybridized carbons (Fsp3) is 0.0909. The molecule has 0 aliphatic carbocycles. The Balaban J connectivity index is 2.36. The van der Waals surface area contributed by atoms with Crippen molar-refractivity contribution in [3.63, 3.8) is 0 Å². The van der Waals surface area contributed by atoms with Crippen molar-refractivity contribution in [1.82, 2.24) is 4.98 Å². The Hall–Kier alpha value is -2.52. The Bertz CT molecular complexity index is 670. The summed E-state index contributed by atoms with van der Waals surface area (Å²) < 4.78 is 0. The Morgan fingerprint density at radius 1 is 1.50 bits per heavy atom. The zero-order chi connectivity index (χ0) is 14.7. The maximum atomic E-state index is 12.1. The number of hydrogen-bond acceptors (Lipinski definition) is 7. The van der Waals surface area contributed by atoms with E-state index in [1.165, 1.54) is 29.5 Å². The number of nitro benzene ring substituents is 1. The lowest BCUT2D eigenvalue weighted by atomic mass is 10.1. The highest BCUT2D eigenvalue weighted by molar-refractivity contribution is 7.15. The molecule has 0 saturated heterocycles. The molecule has 1 aromatic heterocycles. The van der Waals surface area contributed by atoms with Crippen molar-refractivity contribution >= 4 is 33.8 Å². The molecule has 0 aliphatic rings. The van der Waals surface area contributed by atoms with E-state index < -0.39 is 10.8 Å². The number of nitrogen functional groups attached to an aromatic ring is 1. The third kappa shape index (κ3) is 2.73. The number of carbonyl (C=O) groups excluding carboxylic acids is 1. The van der Waals surface area contributed by atoms with E-state index in [0.29, 0.717) is 5.13 Å². The number of amides is 1. The quantitative estimate of drug-likeness (QED) is 0.449. The van der Waals surface area contributed by atoms with E-state index in [-0.39, 0.29) is 16.9 Å².